The van der Waals surface area contributed by atoms with E-state index in [1.54, 1.807) is 0 Å². The molecule has 1 unspecified atom stereocenters. The van der Waals surface area contributed by atoms with Gasteiger partial charge in [-0.05, 0) is 0 Å². The maximum absolute atomic E-state index is 12.3. The molecule has 0 radical (unpaired) electrons. The highest BCUT2D eigenvalue weighted by molar-refractivity contribution is 6.04. The Hall–Kier alpha value is -2.16. The third kappa shape index (κ3) is 3.30. The van der Waals surface area contributed by atoms with Crippen LogP contribution in [0.2, 0.25) is 0 Å². The van der Waals surface area contributed by atoms with Crippen molar-refractivity contribution >= 4 is 23.8 Å². The Kier molecular flexibility index (Phi) is 4.41. The van der Waals surface area contributed by atoms with Gasteiger partial charge in [-0.1, -0.05) is 0 Å². The van der Waals surface area contributed by atoms with Crippen molar-refractivity contribution < 1.29 is 29.0 Å². The predicted molar refractivity (Wildman–Crippen MR) is 68.3 cm³/mol. The molecule has 2 aliphatic rings. The first-order chi connectivity index (χ1) is 9.90. The van der Waals surface area contributed by atoms with E-state index in [2.05, 4.69) is 0 Å². The summed E-state index contributed by atoms with van der Waals surface area (Å²) in [5.41, 5.74) is 0. The molecule has 2 heterocycles. The van der Waals surface area contributed by atoms with Crippen molar-refractivity contribution in [2.24, 2.45) is 0 Å². The molecule has 1 N–H and O–H groups in total. The first kappa shape index (κ1) is 15.2. The summed E-state index contributed by atoms with van der Waals surface area (Å²) in [4.78, 5) is 49.9. The van der Waals surface area contributed by atoms with Crippen LogP contribution in [-0.2, 0) is 19.1 Å². The molecule has 116 valence electrons. The Morgan fingerprint density at radius 2 is 2.10 bits per heavy atom. The largest absolute Gasteiger partial charge is 0.481 e. The van der Waals surface area contributed by atoms with E-state index in [0.717, 1.165) is 4.90 Å². The van der Waals surface area contributed by atoms with Crippen molar-refractivity contribution in [2.75, 3.05) is 39.9 Å². The van der Waals surface area contributed by atoms with Gasteiger partial charge in [0.05, 0.1) is 25.7 Å². The number of hydrogen-bond acceptors (Lipinski definition) is 5. The number of rotatable bonds is 4. The fourth-order valence-electron chi connectivity index (χ4n) is 2.40. The molecule has 9 nitrogen and oxygen atoms in total. The van der Waals surface area contributed by atoms with Crippen LogP contribution in [0, 0.1) is 0 Å². The number of imide groups is 1. The first-order valence-electron chi connectivity index (χ1n) is 6.54. The second-order valence-electron chi connectivity index (χ2n) is 5.03. The summed E-state index contributed by atoms with van der Waals surface area (Å²) in [6, 6.07) is -1.09. The fraction of sp³-hybridized carbons (Fsp3) is 0.667. The van der Waals surface area contributed by atoms with Crippen molar-refractivity contribution in [3.8, 4) is 0 Å². The molecule has 2 aliphatic heterocycles. The smallest absolute Gasteiger partial charge is 0.327 e. The lowest BCUT2D eigenvalue weighted by molar-refractivity contribution is -0.148. The van der Waals surface area contributed by atoms with Gasteiger partial charge in [0.25, 0.3) is 5.91 Å². The summed E-state index contributed by atoms with van der Waals surface area (Å²) in [7, 11) is 1.48. The summed E-state index contributed by atoms with van der Waals surface area (Å²) in [5, 5.41) is 8.85. The molecule has 9 heteroatoms. The van der Waals surface area contributed by atoms with E-state index in [1.165, 1.54) is 16.8 Å². The number of aliphatic carboxylic acids is 1. The van der Waals surface area contributed by atoms with Crippen LogP contribution >= 0.6 is 0 Å². The molecule has 0 saturated carbocycles. The number of hydrogen-bond donors (Lipinski definition) is 1. The van der Waals surface area contributed by atoms with Gasteiger partial charge in [0.2, 0.25) is 5.91 Å². The van der Waals surface area contributed by atoms with Crippen molar-refractivity contribution in [2.45, 2.75) is 12.5 Å². The number of carboxylic acid groups (broad SMARTS) is 1. The maximum Gasteiger partial charge on any atom is 0.327 e. The zero-order valence-corrected chi connectivity index (χ0v) is 11.7. The summed E-state index contributed by atoms with van der Waals surface area (Å²) in [6.45, 7) is 0.290. The van der Waals surface area contributed by atoms with E-state index in [1.807, 2.05) is 0 Å². The number of nitrogens with zero attached hydrogens (tertiary/aromatic N) is 3. The lowest BCUT2D eigenvalue weighted by Crippen LogP contribution is -2.53. The number of likely N-dealkylation sites (N-methyl/N-ethyl adjacent to an activating group) is 1. The van der Waals surface area contributed by atoms with Gasteiger partial charge < -0.3 is 19.6 Å². The molecule has 0 spiro atoms. The molecule has 0 aliphatic carbocycles. The van der Waals surface area contributed by atoms with Crippen LogP contribution < -0.4 is 0 Å². The quantitative estimate of drug-likeness (QED) is 0.639. The third-order valence-corrected chi connectivity index (χ3v) is 3.48. The van der Waals surface area contributed by atoms with Gasteiger partial charge in [0.15, 0.2) is 0 Å². The monoisotopic (exact) mass is 299 g/mol. The first-order valence-corrected chi connectivity index (χ1v) is 6.54. The molecule has 2 rings (SSSR count). The van der Waals surface area contributed by atoms with Crippen LogP contribution in [0.15, 0.2) is 0 Å². The van der Waals surface area contributed by atoms with Gasteiger partial charge in [-0.2, -0.15) is 0 Å². The highest BCUT2D eigenvalue weighted by Gasteiger charge is 2.37. The summed E-state index contributed by atoms with van der Waals surface area (Å²) < 4.78 is 5.18. The molecule has 0 aromatic rings. The van der Waals surface area contributed by atoms with E-state index in [-0.39, 0.29) is 32.7 Å². The standard InChI is InChI=1S/C12H17N3O6/c1-13-5-9(16)15(12(13)20)6-10(17)14-2-3-21-7-8(14)4-11(18)19/h8H,2-7H2,1H3,(H,18,19). The van der Waals surface area contributed by atoms with E-state index in [4.69, 9.17) is 9.84 Å². The second kappa shape index (κ2) is 6.08. The SMILES string of the molecule is CN1CC(=O)N(CC(=O)N2CCOCC2CC(=O)O)C1=O. The predicted octanol–water partition coefficient (Wildman–Crippen LogP) is -1.42. The van der Waals surface area contributed by atoms with Gasteiger partial charge >= 0.3 is 12.0 Å². The van der Waals surface area contributed by atoms with Crippen LogP contribution in [0.3, 0.4) is 0 Å². The van der Waals surface area contributed by atoms with Crippen LogP contribution in [0.5, 0.6) is 0 Å². The Bertz CT molecular complexity index is 480. The van der Waals surface area contributed by atoms with E-state index in [9.17, 15) is 19.2 Å². The van der Waals surface area contributed by atoms with Crippen molar-refractivity contribution in [3.63, 3.8) is 0 Å². The minimum absolute atomic E-state index is 0.0478. The highest BCUT2D eigenvalue weighted by atomic mass is 16.5. The zero-order chi connectivity index (χ0) is 15.6. The molecule has 1 atom stereocenters. The minimum Gasteiger partial charge on any atom is -0.481 e. The molecule has 0 aromatic heterocycles. The molecular formula is C12H17N3O6. The van der Waals surface area contributed by atoms with Gasteiger partial charge in [0.1, 0.15) is 13.1 Å². The van der Waals surface area contributed by atoms with Crippen molar-refractivity contribution in [3.05, 3.63) is 0 Å². The topological polar surface area (TPSA) is 107 Å². The van der Waals surface area contributed by atoms with Crippen LogP contribution in [0.1, 0.15) is 6.42 Å². The third-order valence-electron chi connectivity index (χ3n) is 3.48. The van der Waals surface area contributed by atoms with Crippen molar-refractivity contribution in [1.29, 1.82) is 0 Å². The normalized spacial score (nSPS) is 22.9. The molecule has 2 fully saturated rings. The van der Waals surface area contributed by atoms with Crippen molar-refractivity contribution in [1.82, 2.24) is 14.7 Å². The van der Waals surface area contributed by atoms with Crippen LogP contribution in [0.25, 0.3) is 0 Å². The Balaban J connectivity index is 2.02. The summed E-state index contributed by atoms with van der Waals surface area (Å²) in [5.74, 6) is -1.91. The average Bonchev–Trinajstić information content (AvgIpc) is 2.65. The number of amides is 4. The molecule has 0 bridgehead atoms. The van der Waals surface area contributed by atoms with Crippen LogP contribution in [0.4, 0.5) is 4.79 Å². The Morgan fingerprint density at radius 1 is 1.38 bits per heavy atom. The number of carbonyl (C=O) groups is 4. The van der Waals surface area contributed by atoms with Gasteiger partial charge in [-0.3, -0.25) is 19.3 Å². The Morgan fingerprint density at radius 3 is 2.67 bits per heavy atom. The molecule has 4 amide bonds. The number of carbonyl (C=O) groups excluding carboxylic acids is 3. The minimum atomic E-state index is -1.03. The van der Waals surface area contributed by atoms with E-state index >= 15 is 0 Å². The fourth-order valence-corrected chi connectivity index (χ4v) is 2.40. The summed E-state index contributed by atoms with van der Waals surface area (Å²) in [6.07, 6.45) is -0.229. The molecule has 0 aromatic carbocycles. The zero-order valence-electron chi connectivity index (χ0n) is 11.7. The number of morpholine rings is 1. The lowest BCUT2D eigenvalue weighted by Gasteiger charge is -2.35. The maximum atomic E-state index is 12.3. The Labute approximate surface area is 121 Å². The highest BCUT2D eigenvalue weighted by Crippen LogP contribution is 2.14. The second-order valence-corrected chi connectivity index (χ2v) is 5.03. The molecule has 21 heavy (non-hydrogen) atoms. The number of urea groups is 1. The number of ether oxygens (including phenoxy) is 1. The van der Waals surface area contributed by atoms with Gasteiger partial charge in [-0.15, -0.1) is 0 Å². The lowest BCUT2D eigenvalue weighted by atomic mass is 10.1. The molecular weight excluding hydrogens is 282 g/mol. The average molecular weight is 299 g/mol. The molecule has 2 saturated heterocycles. The van der Waals surface area contributed by atoms with E-state index in [0.29, 0.717) is 6.61 Å². The van der Waals surface area contributed by atoms with E-state index < -0.39 is 29.9 Å². The van der Waals surface area contributed by atoms with Gasteiger partial charge in [-0.25, -0.2) is 4.79 Å². The number of carboxylic acids is 1. The van der Waals surface area contributed by atoms with Gasteiger partial charge in [0, 0.05) is 13.6 Å². The summed E-state index contributed by atoms with van der Waals surface area (Å²) >= 11 is 0. The van der Waals surface area contributed by atoms with Crippen LogP contribution in [-0.4, -0.2) is 89.6 Å².